The molecular weight excluding hydrogens is 366 g/mol. The van der Waals surface area contributed by atoms with Crippen LogP contribution in [0.25, 0.3) is 16.7 Å². The van der Waals surface area contributed by atoms with Gasteiger partial charge in [-0.15, -0.1) is 0 Å². The number of carbonyl (C=O) groups excluding carboxylic acids is 1. The number of nitrogens with zero attached hydrogens (tertiary/aromatic N) is 3. The fraction of sp³-hybridized carbons (Fsp3) is 0.455. The Morgan fingerprint density at radius 1 is 1.31 bits per heavy atom. The number of aromatic nitrogens is 3. The summed E-state index contributed by atoms with van der Waals surface area (Å²) in [6, 6.07) is 7.00. The Kier molecular flexibility index (Phi) is 5.22. The second kappa shape index (κ2) is 7.81. The van der Waals surface area contributed by atoms with Crippen LogP contribution in [-0.2, 0) is 0 Å². The van der Waals surface area contributed by atoms with Gasteiger partial charge in [-0.1, -0.05) is 32.3 Å². The SMILES string of the molecule is CC[C@H](C)n1c(=N)c(C(=O)NC2CCCCC2)cc2c(=O)n3ccccc3nc21. The molecule has 7 heteroatoms. The van der Waals surface area contributed by atoms with Crippen molar-refractivity contribution in [2.45, 2.75) is 64.5 Å². The van der Waals surface area contributed by atoms with Crippen LogP contribution >= 0.6 is 0 Å². The lowest BCUT2D eigenvalue weighted by Gasteiger charge is -2.24. The van der Waals surface area contributed by atoms with Gasteiger partial charge in [0.25, 0.3) is 11.5 Å². The maximum atomic E-state index is 13.1. The zero-order valence-electron chi connectivity index (χ0n) is 16.9. The summed E-state index contributed by atoms with van der Waals surface area (Å²) in [4.78, 5) is 30.8. The van der Waals surface area contributed by atoms with Crippen molar-refractivity contribution in [2.24, 2.45) is 0 Å². The maximum absolute atomic E-state index is 13.1. The van der Waals surface area contributed by atoms with Gasteiger partial charge >= 0.3 is 0 Å². The number of fused-ring (bicyclic) bond motifs is 2. The average Bonchev–Trinajstić information content (AvgIpc) is 2.74. The molecule has 3 aromatic heterocycles. The van der Waals surface area contributed by atoms with E-state index in [2.05, 4.69) is 10.3 Å². The minimum Gasteiger partial charge on any atom is -0.349 e. The number of pyridine rings is 2. The van der Waals surface area contributed by atoms with E-state index in [1.807, 2.05) is 19.9 Å². The Bertz CT molecular complexity index is 1190. The van der Waals surface area contributed by atoms with Crippen molar-refractivity contribution >= 4 is 22.6 Å². The molecule has 0 unspecified atom stereocenters. The Morgan fingerprint density at radius 3 is 2.79 bits per heavy atom. The van der Waals surface area contributed by atoms with Gasteiger partial charge in [0.1, 0.15) is 16.8 Å². The molecule has 0 spiro atoms. The zero-order chi connectivity index (χ0) is 20.5. The first-order chi connectivity index (χ1) is 14.0. The summed E-state index contributed by atoms with van der Waals surface area (Å²) in [6.07, 6.45) is 7.79. The highest BCUT2D eigenvalue weighted by atomic mass is 16.2. The van der Waals surface area contributed by atoms with E-state index < -0.39 is 0 Å². The lowest BCUT2D eigenvalue weighted by atomic mass is 9.95. The molecule has 4 rings (SSSR count). The molecule has 2 N–H and O–H groups in total. The number of rotatable bonds is 4. The quantitative estimate of drug-likeness (QED) is 0.667. The van der Waals surface area contributed by atoms with Crippen molar-refractivity contribution in [3.8, 4) is 0 Å². The standard InChI is InChI=1S/C22H27N5O2/c1-3-14(2)27-19(23)16(21(28)24-15-9-5-4-6-10-15)13-17-20(27)25-18-11-7-8-12-26(18)22(17)29/h7-8,11-15,23H,3-6,9-10H2,1-2H3,(H,24,28)/t14-/m0/s1. The van der Waals surface area contributed by atoms with Crippen molar-refractivity contribution in [3.05, 3.63) is 51.9 Å². The van der Waals surface area contributed by atoms with Crippen LogP contribution in [0.1, 0.15) is 68.8 Å². The molecular formula is C22H27N5O2. The second-order valence-corrected chi connectivity index (χ2v) is 7.93. The topological polar surface area (TPSA) is 92.2 Å². The molecule has 0 aromatic carbocycles. The second-order valence-electron chi connectivity index (χ2n) is 7.93. The molecule has 152 valence electrons. The van der Waals surface area contributed by atoms with E-state index in [0.717, 1.165) is 32.1 Å². The van der Waals surface area contributed by atoms with E-state index in [1.165, 1.54) is 10.8 Å². The number of nitrogens with one attached hydrogen (secondary N) is 2. The summed E-state index contributed by atoms with van der Waals surface area (Å²) in [5.74, 6) is -0.279. The molecule has 7 nitrogen and oxygen atoms in total. The molecule has 1 fully saturated rings. The van der Waals surface area contributed by atoms with Gasteiger partial charge in [0.05, 0.1) is 10.9 Å². The highest BCUT2D eigenvalue weighted by molar-refractivity contribution is 5.97. The molecule has 1 atom stereocenters. The van der Waals surface area contributed by atoms with Gasteiger partial charge in [-0.3, -0.25) is 19.4 Å². The summed E-state index contributed by atoms with van der Waals surface area (Å²) < 4.78 is 3.20. The van der Waals surface area contributed by atoms with Gasteiger partial charge < -0.3 is 9.88 Å². The van der Waals surface area contributed by atoms with E-state index in [4.69, 9.17) is 5.41 Å². The van der Waals surface area contributed by atoms with Crippen molar-refractivity contribution in [3.63, 3.8) is 0 Å². The van der Waals surface area contributed by atoms with E-state index in [9.17, 15) is 9.59 Å². The average molecular weight is 393 g/mol. The molecule has 1 amide bonds. The normalized spacial score (nSPS) is 16.2. The molecule has 3 aromatic rings. The van der Waals surface area contributed by atoms with Crippen LogP contribution in [0, 0.1) is 5.41 Å². The van der Waals surface area contributed by atoms with Crippen LogP contribution in [-0.4, -0.2) is 25.9 Å². The van der Waals surface area contributed by atoms with Gasteiger partial charge in [-0.25, -0.2) is 4.98 Å². The van der Waals surface area contributed by atoms with Crippen molar-refractivity contribution in [2.75, 3.05) is 0 Å². The monoisotopic (exact) mass is 393 g/mol. The number of amides is 1. The third-order valence-electron chi connectivity index (χ3n) is 5.98. The summed E-state index contributed by atoms with van der Waals surface area (Å²) in [6.45, 7) is 4.00. The smallest absolute Gasteiger partial charge is 0.267 e. The first kappa shape index (κ1) is 19.4. The van der Waals surface area contributed by atoms with Gasteiger partial charge in [0, 0.05) is 18.3 Å². The minimum atomic E-state index is -0.279. The number of carbonyl (C=O) groups is 1. The fourth-order valence-corrected chi connectivity index (χ4v) is 4.14. The molecule has 1 saturated carbocycles. The third-order valence-corrected chi connectivity index (χ3v) is 5.98. The van der Waals surface area contributed by atoms with Gasteiger partial charge in [-0.2, -0.15) is 0 Å². The molecule has 1 aliphatic rings. The van der Waals surface area contributed by atoms with Crippen LogP contribution in [0.2, 0.25) is 0 Å². The molecule has 0 bridgehead atoms. The maximum Gasteiger partial charge on any atom is 0.267 e. The predicted molar refractivity (Wildman–Crippen MR) is 112 cm³/mol. The highest BCUT2D eigenvalue weighted by Gasteiger charge is 2.22. The summed E-state index contributed by atoms with van der Waals surface area (Å²) in [7, 11) is 0. The van der Waals surface area contributed by atoms with Crippen LogP contribution in [0.4, 0.5) is 0 Å². The predicted octanol–water partition coefficient (Wildman–Crippen LogP) is 3.16. The van der Waals surface area contributed by atoms with Crippen molar-refractivity contribution < 1.29 is 4.79 Å². The largest absolute Gasteiger partial charge is 0.349 e. The highest BCUT2D eigenvalue weighted by Crippen LogP contribution is 2.19. The van der Waals surface area contributed by atoms with Crippen LogP contribution < -0.4 is 16.4 Å². The Hall–Kier alpha value is -2.96. The van der Waals surface area contributed by atoms with Crippen molar-refractivity contribution in [1.29, 1.82) is 5.41 Å². The molecule has 29 heavy (non-hydrogen) atoms. The van der Waals surface area contributed by atoms with Crippen LogP contribution in [0.15, 0.2) is 35.3 Å². The Labute approximate surface area is 168 Å². The molecule has 0 saturated heterocycles. The Balaban J connectivity index is 1.93. The zero-order valence-corrected chi connectivity index (χ0v) is 16.9. The van der Waals surface area contributed by atoms with Crippen LogP contribution in [0.5, 0.6) is 0 Å². The van der Waals surface area contributed by atoms with E-state index in [-0.39, 0.29) is 34.6 Å². The van der Waals surface area contributed by atoms with Crippen LogP contribution in [0.3, 0.4) is 0 Å². The summed E-state index contributed by atoms with van der Waals surface area (Å²) in [5.41, 5.74) is 1.09. The van der Waals surface area contributed by atoms with E-state index >= 15 is 0 Å². The van der Waals surface area contributed by atoms with Gasteiger partial charge in [0.15, 0.2) is 0 Å². The number of hydrogen-bond donors (Lipinski definition) is 2. The fourth-order valence-electron chi connectivity index (χ4n) is 4.14. The van der Waals surface area contributed by atoms with Gasteiger partial charge in [-0.05, 0) is 44.4 Å². The molecule has 0 aliphatic heterocycles. The minimum absolute atomic E-state index is 0.0644. The molecule has 1 aliphatic carbocycles. The molecule has 3 heterocycles. The van der Waals surface area contributed by atoms with Crippen molar-refractivity contribution in [1.82, 2.24) is 19.3 Å². The number of hydrogen-bond acceptors (Lipinski definition) is 4. The lowest BCUT2D eigenvalue weighted by Crippen LogP contribution is -2.41. The first-order valence-electron chi connectivity index (χ1n) is 10.4. The van der Waals surface area contributed by atoms with E-state index in [1.54, 1.807) is 29.0 Å². The molecule has 0 radical (unpaired) electrons. The van der Waals surface area contributed by atoms with E-state index in [0.29, 0.717) is 16.7 Å². The lowest BCUT2D eigenvalue weighted by molar-refractivity contribution is 0.0925. The Morgan fingerprint density at radius 2 is 2.07 bits per heavy atom. The van der Waals surface area contributed by atoms with Gasteiger partial charge in [0.2, 0.25) is 0 Å². The summed E-state index contributed by atoms with van der Waals surface area (Å²) >= 11 is 0. The summed E-state index contributed by atoms with van der Waals surface area (Å²) in [5, 5.41) is 12.2. The first-order valence-corrected chi connectivity index (χ1v) is 10.4. The third kappa shape index (κ3) is 3.45.